The average Bonchev–Trinajstić information content (AvgIpc) is 2.96. The maximum Gasteiger partial charge on any atom is 0.0113 e. The van der Waals surface area contributed by atoms with Gasteiger partial charge in [-0.3, -0.25) is 0 Å². The van der Waals surface area contributed by atoms with Crippen molar-refractivity contribution in [2.24, 2.45) is 50.7 Å². The van der Waals surface area contributed by atoms with Crippen molar-refractivity contribution in [3.05, 3.63) is 60.3 Å². The van der Waals surface area contributed by atoms with Crippen molar-refractivity contribution >= 4 is 0 Å². The summed E-state index contributed by atoms with van der Waals surface area (Å²) in [5.74, 6) is 2.79. The summed E-state index contributed by atoms with van der Waals surface area (Å²) in [6, 6.07) is 0. The molecule has 0 spiro atoms. The third kappa shape index (κ3) is 7.39. The van der Waals surface area contributed by atoms with Crippen LogP contribution in [0, 0.1) is 50.7 Å². The lowest BCUT2D eigenvalue weighted by atomic mass is 9.41. The second-order valence-corrected chi connectivity index (χ2v) is 18.4. The summed E-state index contributed by atoms with van der Waals surface area (Å²) in [6.45, 7) is 34.4. The van der Waals surface area contributed by atoms with Crippen molar-refractivity contribution in [1.82, 2.24) is 5.32 Å². The largest absolute Gasteiger partial charge is 0.319 e. The number of rotatable bonds is 6. The van der Waals surface area contributed by atoms with Gasteiger partial charge in [-0.05, 0) is 136 Å². The van der Waals surface area contributed by atoms with Gasteiger partial charge in [0, 0.05) is 5.41 Å². The van der Waals surface area contributed by atoms with Crippen LogP contribution in [0.5, 0.6) is 0 Å². The van der Waals surface area contributed by atoms with Gasteiger partial charge in [0.15, 0.2) is 0 Å². The molecule has 1 N–H and O–H groups in total. The summed E-state index contributed by atoms with van der Waals surface area (Å²) in [6.07, 6.45) is 28.2. The molecule has 0 aromatic heterocycles. The molecule has 5 atom stereocenters. The summed E-state index contributed by atoms with van der Waals surface area (Å²) in [5.41, 5.74) is 7.05. The van der Waals surface area contributed by atoms with Gasteiger partial charge in [-0.1, -0.05) is 129 Å². The Morgan fingerprint density at radius 2 is 1.47 bits per heavy atom. The maximum absolute atomic E-state index is 4.62. The van der Waals surface area contributed by atoms with Gasteiger partial charge in [0.25, 0.3) is 0 Å². The molecule has 0 radical (unpaired) electrons. The van der Waals surface area contributed by atoms with E-state index >= 15 is 0 Å². The zero-order valence-electron chi connectivity index (χ0n) is 31.5. The number of nitrogens with one attached hydrogen (secondary N) is 1. The molecule has 45 heavy (non-hydrogen) atoms. The molecule has 0 aliphatic heterocycles. The second kappa shape index (κ2) is 14.0. The molecule has 0 aromatic rings. The molecule has 0 bridgehead atoms. The topological polar surface area (TPSA) is 12.0 Å². The molecule has 1 heteroatoms. The number of allylic oxidation sites excluding steroid dienone is 7. The predicted molar refractivity (Wildman–Crippen MR) is 199 cm³/mol. The van der Waals surface area contributed by atoms with Crippen molar-refractivity contribution < 1.29 is 0 Å². The van der Waals surface area contributed by atoms with Crippen LogP contribution >= 0.6 is 0 Å². The first-order chi connectivity index (χ1) is 21.1. The van der Waals surface area contributed by atoms with Gasteiger partial charge in [0.1, 0.15) is 0 Å². The fourth-order valence-corrected chi connectivity index (χ4v) is 11.1. The van der Waals surface area contributed by atoms with Crippen LogP contribution < -0.4 is 5.32 Å². The lowest BCUT2D eigenvalue weighted by Gasteiger charge is -2.62. The van der Waals surface area contributed by atoms with E-state index in [4.69, 9.17) is 0 Å². The third-order valence-electron chi connectivity index (χ3n) is 14.6. The Morgan fingerprint density at radius 1 is 0.867 bits per heavy atom. The molecule has 0 amide bonds. The Bertz CT molecular complexity index is 1130. The Hall–Kier alpha value is -1.34. The summed E-state index contributed by atoms with van der Waals surface area (Å²) in [5, 5.41) is 3.29. The van der Waals surface area contributed by atoms with E-state index in [-0.39, 0.29) is 16.2 Å². The van der Waals surface area contributed by atoms with Crippen LogP contribution in [0.4, 0.5) is 0 Å². The molecule has 254 valence electrons. The fraction of sp³-hybridized carbons (Fsp3) is 0.773. The lowest BCUT2D eigenvalue weighted by Crippen LogP contribution is -2.53. The molecular formula is C44H73N. The van der Waals surface area contributed by atoms with Gasteiger partial charge in [0.2, 0.25) is 0 Å². The van der Waals surface area contributed by atoms with Gasteiger partial charge in [-0.25, -0.2) is 0 Å². The van der Waals surface area contributed by atoms with Crippen LogP contribution in [0.3, 0.4) is 0 Å². The van der Waals surface area contributed by atoms with E-state index in [9.17, 15) is 0 Å². The van der Waals surface area contributed by atoms with E-state index in [1.54, 1.807) is 5.57 Å². The summed E-state index contributed by atoms with van der Waals surface area (Å²) in [7, 11) is 2.07. The first kappa shape index (κ1) is 36.5. The summed E-state index contributed by atoms with van der Waals surface area (Å²) in [4.78, 5) is 0. The van der Waals surface area contributed by atoms with Gasteiger partial charge < -0.3 is 5.32 Å². The van der Waals surface area contributed by atoms with E-state index in [1.165, 1.54) is 120 Å². The molecule has 5 aliphatic carbocycles. The standard InChI is InChI=1S/C34H52.C10H21N/c1-12-34(19-17-30(6,7)18-20-34)16-13-27-25(4)23(2)21-29-32(27,10)15-14-28-31(8,9)26(5)24(3)22-33(28,29)11;1-11-9-10-7-5-3-2-4-6-8-10/h12,21-22,25,27-28H,1-2,5,13-20H2,3-4,6-11H3;10-11H,2-9H2,1H3. The smallest absolute Gasteiger partial charge is 0.0113 e. The highest BCUT2D eigenvalue weighted by molar-refractivity contribution is 5.49. The average molecular weight is 616 g/mol. The Kier molecular flexibility index (Phi) is 11.4. The molecule has 0 saturated heterocycles. The quantitative estimate of drug-likeness (QED) is 0.293. The molecule has 1 nitrogen and oxygen atoms in total. The van der Waals surface area contributed by atoms with E-state index in [1.807, 2.05) is 0 Å². The van der Waals surface area contributed by atoms with Crippen LogP contribution in [0.1, 0.15) is 152 Å². The first-order valence-electron chi connectivity index (χ1n) is 19.1. The minimum absolute atomic E-state index is 0.0914. The highest BCUT2D eigenvalue weighted by atomic mass is 14.8. The molecule has 0 heterocycles. The van der Waals surface area contributed by atoms with Crippen molar-refractivity contribution in [2.45, 2.75) is 152 Å². The van der Waals surface area contributed by atoms with E-state index < -0.39 is 0 Å². The number of hydrogen-bond acceptors (Lipinski definition) is 1. The van der Waals surface area contributed by atoms with E-state index in [2.05, 4.69) is 106 Å². The second-order valence-electron chi connectivity index (χ2n) is 18.4. The van der Waals surface area contributed by atoms with Gasteiger partial charge in [0.05, 0.1) is 0 Å². The van der Waals surface area contributed by atoms with E-state index in [0.717, 1.165) is 5.92 Å². The number of fused-ring (bicyclic) bond motifs is 3. The molecule has 5 aliphatic rings. The Balaban J connectivity index is 0.000000354. The third-order valence-corrected chi connectivity index (χ3v) is 14.6. The van der Waals surface area contributed by atoms with Gasteiger partial charge in [-0.15, -0.1) is 6.58 Å². The van der Waals surface area contributed by atoms with E-state index in [0.29, 0.717) is 28.6 Å². The van der Waals surface area contributed by atoms with Gasteiger partial charge in [-0.2, -0.15) is 0 Å². The Labute approximate surface area is 281 Å². The minimum Gasteiger partial charge on any atom is -0.319 e. The zero-order chi connectivity index (χ0) is 33.3. The minimum atomic E-state index is 0.0914. The molecule has 5 unspecified atom stereocenters. The van der Waals surface area contributed by atoms with Crippen LogP contribution in [-0.2, 0) is 0 Å². The van der Waals surface area contributed by atoms with Crippen molar-refractivity contribution in [3.8, 4) is 0 Å². The summed E-state index contributed by atoms with van der Waals surface area (Å²) < 4.78 is 0. The van der Waals surface area contributed by atoms with Crippen molar-refractivity contribution in [2.75, 3.05) is 13.6 Å². The lowest BCUT2D eigenvalue weighted by molar-refractivity contribution is 0.0104. The predicted octanol–water partition coefficient (Wildman–Crippen LogP) is 12.8. The van der Waals surface area contributed by atoms with Crippen molar-refractivity contribution in [1.29, 1.82) is 0 Å². The maximum atomic E-state index is 4.62. The SMILES string of the molecule is C=CC1(CCC2C(C)C(=C)C=C3C4(C)C=C(C)C(=C)C(C)(C)C4CCC32C)CCC(C)(C)CC1.CNCC1CCCCCCC1. The van der Waals surface area contributed by atoms with Crippen molar-refractivity contribution in [3.63, 3.8) is 0 Å². The molecule has 5 rings (SSSR count). The van der Waals surface area contributed by atoms with Gasteiger partial charge >= 0.3 is 0 Å². The zero-order valence-corrected chi connectivity index (χ0v) is 31.5. The highest BCUT2D eigenvalue weighted by Gasteiger charge is 2.59. The Morgan fingerprint density at radius 3 is 2.04 bits per heavy atom. The first-order valence-corrected chi connectivity index (χ1v) is 19.1. The molecular weight excluding hydrogens is 542 g/mol. The van der Waals surface area contributed by atoms with Crippen LogP contribution in [0.2, 0.25) is 0 Å². The monoisotopic (exact) mass is 616 g/mol. The molecule has 0 aromatic carbocycles. The normalized spacial score (nSPS) is 36.2. The van der Waals surface area contributed by atoms with Crippen LogP contribution in [0.15, 0.2) is 60.3 Å². The summed E-state index contributed by atoms with van der Waals surface area (Å²) >= 11 is 0. The molecule has 3 saturated carbocycles. The number of hydrogen-bond donors (Lipinski definition) is 1. The van der Waals surface area contributed by atoms with Crippen LogP contribution in [0.25, 0.3) is 0 Å². The highest BCUT2D eigenvalue weighted by Crippen LogP contribution is 2.68. The fourth-order valence-electron chi connectivity index (χ4n) is 11.1. The van der Waals surface area contributed by atoms with Crippen LogP contribution in [-0.4, -0.2) is 13.6 Å². The molecule has 3 fully saturated rings.